The molecule has 1 heterocycles. The summed E-state index contributed by atoms with van der Waals surface area (Å²) in [4.78, 5) is 13.6. The Hall–Kier alpha value is -0.410. The molecular formula is C10H19NO2. The molecular weight excluding hydrogens is 166 g/mol. The Morgan fingerprint density at radius 2 is 2.15 bits per heavy atom. The smallest absolute Gasteiger partial charge is 0.152 e. The number of ketones is 1. The maximum Gasteiger partial charge on any atom is 0.152 e. The maximum atomic E-state index is 11.6. The molecule has 0 aromatic rings. The molecule has 0 unspecified atom stereocenters. The fraction of sp³-hybridized carbons (Fsp3) is 0.900. The molecule has 0 saturated carbocycles. The number of aliphatic hydroxyl groups is 1. The van der Waals surface area contributed by atoms with Crippen molar-refractivity contribution in [2.45, 2.75) is 33.3 Å². The quantitative estimate of drug-likeness (QED) is 0.687. The minimum atomic E-state index is -0.256. The van der Waals surface area contributed by atoms with Crippen LogP contribution in [-0.2, 0) is 4.79 Å². The Labute approximate surface area is 79.7 Å². The monoisotopic (exact) mass is 185 g/mol. The molecule has 0 aromatic carbocycles. The van der Waals surface area contributed by atoms with Gasteiger partial charge in [0.05, 0.1) is 12.6 Å². The second-order valence-electron chi connectivity index (χ2n) is 4.85. The van der Waals surface area contributed by atoms with Crippen LogP contribution in [0.15, 0.2) is 0 Å². The summed E-state index contributed by atoms with van der Waals surface area (Å²) >= 11 is 0. The van der Waals surface area contributed by atoms with Crippen molar-refractivity contribution in [3.63, 3.8) is 0 Å². The zero-order chi connectivity index (χ0) is 10.1. The van der Waals surface area contributed by atoms with E-state index in [0.717, 1.165) is 13.0 Å². The lowest BCUT2D eigenvalue weighted by Gasteiger charge is -2.21. The Morgan fingerprint density at radius 1 is 1.54 bits per heavy atom. The van der Waals surface area contributed by atoms with Crippen LogP contribution in [0.2, 0.25) is 0 Å². The highest BCUT2D eigenvalue weighted by Gasteiger charge is 2.27. The molecule has 1 saturated heterocycles. The Bertz CT molecular complexity index is 196. The molecule has 0 spiro atoms. The van der Waals surface area contributed by atoms with Crippen LogP contribution in [0, 0.1) is 5.41 Å². The third-order valence-electron chi connectivity index (χ3n) is 2.45. The number of aliphatic hydroxyl groups excluding tert-OH is 1. The van der Waals surface area contributed by atoms with Gasteiger partial charge in [-0.1, -0.05) is 20.8 Å². The van der Waals surface area contributed by atoms with Gasteiger partial charge in [0.2, 0.25) is 0 Å². The maximum absolute atomic E-state index is 11.6. The number of likely N-dealkylation sites (tertiary alicyclic amines) is 1. The SMILES string of the molecule is CC(C)(C)C(=O)CN1CC[C@@H](O)C1. The minimum Gasteiger partial charge on any atom is -0.392 e. The van der Waals surface area contributed by atoms with Gasteiger partial charge in [0, 0.05) is 18.5 Å². The van der Waals surface area contributed by atoms with Crippen LogP contribution in [0.5, 0.6) is 0 Å². The fourth-order valence-corrected chi connectivity index (χ4v) is 1.40. The first-order valence-electron chi connectivity index (χ1n) is 4.83. The molecule has 1 rings (SSSR count). The van der Waals surface area contributed by atoms with Crippen molar-refractivity contribution in [2.24, 2.45) is 5.41 Å². The van der Waals surface area contributed by atoms with Crippen molar-refractivity contribution >= 4 is 5.78 Å². The van der Waals surface area contributed by atoms with Gasteiger partial charge in [-0.25, -0.2) is 0 Å². The molecule has 1 atom stereocenters. The van der Waals surface area contributed by atoms with Gasteiger partial charge in [0.1, 0.15) is 0 Å². The highest BCUT2D eigenvalue weighted by atomic mass is 16.3. The molecule has 1 fully saturated rings. The summed E-state index contributed by atoms with van der Waals surface area (Å²) in [5, 5.41) is 9.26. The predicted octanol–water partition coefficient (Wildman–Crippen LogP) is 0.668. The number of hydrogen-bond acceptors (Lipinski definition) is 3. The second kappa shape index (κ2) is 3.76. The highest BCUT2D eigenvalue weighted by molar-refractivity contribution is 5.85. The summed E-state index contributed by atoms with van der Waals surface area (Å²) in [5.41, 5.74) is -0.256. The van der Waals surface area contributed by atoms with Crippen LogP contribution >= 0.6 is 0 Å². The lowest BCUT2D eigenvalue weighted by atomic mass is 9.90. The molecule has 3 heteroatoms. The zero-order valence-electron chi connectivity index (χ0n) is 8.71. The predicted molar refractivity (Wildman–Crippen MR) is 51.5 cm³/mol. The largest absolute Gasteiger partial charge is 0.392 e. The van der Waals surface area contributed by atoms with E-state index in [2.05, 4.69) is 0 Å². The Kier molecular flexibility index (Phi) is 3.09. The van der Waals surface area contributed by atoms with E-state index < -0.39 is 0 Å². The number of hydrogen-bond donors (Lipinski definition) is 1. The van der Waals surface area contributed by atoms with Crippen molar-refractivity contribution in [3.05, 3.63) is 0 Å². The van der Waals surface area contributed by atoms with Crippen molar-refractivity contribution in [2.75, 3.05) is 19.6 Å². The molecule has 0 aliphatic carbocycles. The van der Waals surface area contributed by atoms with E-state index >= 15 is 0 Å². The molecule has 13 heavy (non-hydrogen) atoms. The van der Waals surface area contributed by atoms with Crippen molar-refractivity contribution in [1.29, 1.82) is 0 Å². The fourth-order valence-electron chi connectivity index (χ4n) is 1.40. The molecule has 0 amide bonds. The Balaban J connectivity index is 2.37. The molecule has 0 bridgehead atoms. The standard InChI is InChI=1S/C10H19NO2/c1-10(2,3)9(13)7-11-5-4-8(12)6-11/h8,12H,4-7H2,1-3H3/t8-/m1/s1. The first-order chi connectivity index (χ1) is 5.89. The third kappa shape index (κ3) is 3.08. The average Bonchev–Trinajstić information content (AvgIpc) is 2.33. The molecule has 1 aliphatic heterocycles. The van der Waals surface area contributed by atoms with E-state index in [-0.39, 0.29) is 17.3 Å². The molecule has 1 aliphatic rings. The average molecular weight is 185 g/mol. The van der Waals surface area contributed by atoms with Gasteiger partial charge in [0.15, 0.2) is 5.78 Å². The number of rotatable bonds is 2. The van der Waals surface area contributed by atoms with Gasteiger partial charge < -0.3 is 5.11 Å². The van der Waals surface area contributed by atoms with E-state index in [1.54, 1.807) is 0 Å². The summed E-state index contributed by atoms with van der Waals surface area (Å²) in [6.07, 6.45) is 0.574. The van der Waals surface area contributed by atoms with Gasteiger partial charge >= 0.3 is 0 Å². The van der Waals surface area contributed by atoms with Crippen molar-refractivity contribution in [3.8, 4) is 0 Å². The van der Waals surface area contributed by atoms with Crippen LogP contribution in [-0.4, -0.2) is 41.5 Å². The summed E-state index contributed by atoms with van der Waals surface area (Å²) in [6.45, 7) is 7.79. The van der Waals surface area contributed by atoms with Gasteiger partial charge in [-0.2, -0.15) is 0 Å². The number of carbonyl (C=O) groups is 1. The second-order valence-corrected chi connectivity index (χ2v) is 4.85. The summed E-state index contributed by atoms with van der Waals surface area (Å²) in [7, 11) is 0. The van der Waals surface area contributed by atoms with E-state index in [1.807, 2.05) is 25.7 Å². The van der Waals surface area contributed by atoms with Crippen LogP contribution in [0.25, 0.3) is 0 Å². The number of β-amino-alcohol motifs (C(OH)–C–C–N with tert-alkyl or cyclic N) is 1. The van der Waals surface area contributed by atoms with Crippen molar-refractivity contribution in [1.82, 2.24) is 4.90 Å². The number of nitrogens with zero attached hydrogens (tertiary/aromatic N) is 1. The molecule has 76 valence electrons. The van der Waals surface area contributed by atoms with Crippen LogP contribution in [0.3, 0.4) is 0 Å². The van der Waals surface area contributed by atoms with Crippen LogP contribution in [0.1, 0.15) is 27.2 Å². The zero-order valence-corrected chi connectivity index (χ0v) is 8.71. The third-order valence-corrected chi connectivity index (χ3v) is 2.45. The van der Waals surface area contributed by atoms with Crippen LogP contribution < -0.4 is 0 Å². The van der Waals surface area contributed by atoms with Gasteiger partial charge in [-0.05, 0) is 6.42 Å². The first-order valence-corrected chi connectivity index (χ1v) is 4.83. The van der Waals surface area contributed by atoms with E-state index in [1.165, 1.54) is 0 Å². The highest BCUT2D eigenvalue weighted by Crippen LogP contribution is 2.17. The van der Waals surface area contributed by atoms with Gasteiger partial charge in [0.25, 0.3) is 0 Å². The lowest BCUT2D eigenvalue weighted by molar-refractivity contribution is -0.127. The minimum absolute atomic E-state index is 0.229. The normalized spacial score (nSPS) is 25.1. The van der Waals surface area contributed by atoms with Crippen molar-refractivity contribution < 1.29 is 9.90 Å². The van der Waals surface area contributed by atoms with E-state index in [4.69, 9.17) is 0 Å². The number of Topliss-reactive ketones (excluding diaryl/α,β-unsaturated/α-hetero) is 1. The molecule has 0 aromatic heterocycles. The number of carbonyl (C=O) groups excluding carboxylic acids is 1. The molecule has 0 radical (unpaired) electrons. The molecule has 3 nitrogen and oxygen atoms in total. The summed E-state index contributed by atoms with van der Waals surface area (Å²) in [6, 6.07) is 0. The topological polar surface area (TPSA) is 40.5 Å². The Morgan fingerprint density at radius 3 is 2.54 bits per heavy atom. The van der Waals surface area contributed by atoms with E-state index in [9.17, 15) is 9.90 Å². The summed E-state index contributed by atoms with van der Waals surface area (Å²) < 4.78 is 0. The molecule has 1 N–H and O–H groups in total. The lowest BCUT2D eigenvalue weighted by Crippen LogP contribution is -2.34. The van der Waals surface area contributed by atoms with E-state index in [0.29, 0.717) is 13.1 Å². The summed E-state index contributed by atoms with van der Waals surface area (Å²) in [5.74, 6) is 0.251. The van der Waals surface area contributed by atoms with Gasteiger partial charge in [-0.3, -0.25) is 9.69 Å². The van der Waals surface area contributed by atoms with Gasteiger partial charge in [-0.15, -0.1) is 0 Å². The van der Waals surface area contributed by atoms with Crippen LogP contribution in [0.4, 0.5) is 0 Å². The first kappa shape index (κ1) is 10.7.